The Morgan fingerprint density at radius 3 is 2.57 bits per heavy atom. The number of benzene rings is 1. The van der Waals surface area contributed by atoms with Gasteiger partial charge >= 0.3 is 0 Å². The molecule has 4 heteroatoms. The van der Waals surface area contributed by atoms with E-state index < -0.39 is 0 Å². The summed E-state index contributed by atoms with van der Waals surface area (Å²) in [5.74, 6) is 1.69. The Balaban J connectivity index is 1.74. The monoisotopic (exact) mass is 286 g/mol. The smallest absolute Gasteiger partial charge is 0.171 e. The highest BCUT2D eigenvalue weighted by atomic mass is 16.5. The van der Waals surface area contributed by atoms with Gasteiger partial charge < -0.3 is 15.0 Å². The van der Waals surface area contributed by atoms with Crippen molar-refractivity contribution >= 4 is 0 Å². The maximum absolute atomic E-state index is 6.04. The minimum absolute atomic E-state index is 0.372. The van der Waals surface area contributed by atoms with Crippen LogP contribution in [-0.2, 0) is 6.54 Å². The lowest BCUT2D eigenvalue weighted by atomic mass is 9.98. The summed E-state index contributed by atoms with van der Waals surface area (Å²) in [5.41, 5.74) is 8.58. The van der Waals surface area contributed by atoms with Crippen LogP contribution in [0.25, 0.3) is 11.3 Å². The van der Waals surface area contributed by atoms with Crippen molar-refractivity contribution in [1.29, 1.82) is 0 Å². The normalized spacial score (nSPS) is 16.1. The zero-order valence-electron chi connectivity index (χ0n) is 12.5. The molecule has 1 heterocycles. The van der Waals surface area contributed by atoms with Crippen molar-refractivity contribution in [3.63, 3.8) is 0 Å². The number of ether oxygens (including phenoxy) is 1. The quantitative estimate of drug-likeness (QED) is 0.928. The predicted molar refractivity (Wildman–Crippen MR) is 82.1 cm³/mol. The van der Waals surface area contributed by atoms with E-state index in [1.807, 2.05) is 31.2 Å². The Morgan fingerprint density at radius 1 is 1.19 bits per heavy atom. The maximum Gasteiger partial charge on any atom is 0.171 e. The third kappa shape index (κ3) is 3.10. The Labute approximate surface area is 125 Å². The summed E-state index contributed by atoms with van der Waals surface area (Å²) >= 11 is 0. The van der Waals surface area contributed by atoms with Crippen molar-refractivity contribution in [2.24, 2.45) is 5.73 Å². The molecular weight excluding hydrogens is 264 g/mol. The van der Waals surface area contributed by atoms with Crippen LogP contribution in [0, 0.1) is 6.92 Å². The summed E-state index contributed by atoms with van der Waals surface area (Å²) in [6.45, 7) is 2.35. The topological polar surface area (TPSA) is 61.3 Å². The molecule has 1 aromatic heterocycles. The number of aryl methyl sites for hydroxylation is 1. The molecule has 4 nitrogen and oxygen atoms in total. The molecule has 0 spiro atoms. The van der Waals surface area contributed by atoms with Gasteiger partial charge in [-0.3, -0.25) is 0 Å². The molecule has 3 rings (SSSR count). The third-order valence-electron chi connectivity index (χ3n) is 4.16. The van der Waals surface area contributed by atoms with E-state index in [9.17, 15) is 0 Å². The molecule has 0 atom stereocenters. The molecule has 0 bridgehead atoms. The van der Waals surface area contributed by atoms with E-state index in [4.69, 9.17) is 15.0 Å². The first-order valence-corrected chi connectivity index (χ1v) is 7.70. The second-order valence-corrected chi connectivity index (χ2v) is 5.68. The lowest BCUT2D eigenvalue weighted by molar-refractivity contribution is 0.155. The first-order valence-electron chi connectivity index (χ1n) is 7.70. The second-order valence-electron chi connectivity index (χ2n) is 5.68. The second kappa shape index (κ2) is 6.31. The molecule has 1 aliphatic carbocycles. The SMILES string of the molecule is Cc1noc(-c2ccc(OC3CCCCC3)cc2)c1CN. The highest BCUT2D eigenvalue weighted by Gasteiger charge is 2.16. The predicted octanol–water partition coefficient (Wildman–Crippen LogP) is 3.82. The van der Waals surface area contributed by atoms with Crippen LogP contribution in [0.4, 0.5) is 0 Å². The first-order chi connectivity index (χ1) is 10.3. The minimum atomic E-state index is 0.372. The molecular formula is C17H22N2O2. The molecule has 2 N–H and O–H groups in total. The lowest BCUT2D eigenvalue weighted by Crippen LogP contribution is -2.19. The molecule has 0 amide bonds. The van der Waals surface area contributed by atoms with Crippen LogP contribution < -0.4 is 10.5 Å². The zero-order valence-corrected chi connectivity index (χ0v) is 12.5. The molecule has 1 saturated carbocycles. The molecule has 0 radical (unpaired) electrons. The number of hydrogen-bond acceptors (Lipinski definition) is 4. The van der Waals surface area contributed by atoms with Crippen LogP contribution >= 0.6 is 0 Å². The van der Waals surface area contributed by atoms with Crippen LogP contribution in [0.3, 0.4) is 0 Å². The van der Waals surface area contributed by atoms with Crippen LogP contribution in [0.15, 0.2) is 28.8 Å². The number of hydrogen-bond donors (Lipinski definition) is 1. The standard InChI is InChI=1S/C17H22N2O2/c1-12-16(11-18)17(21-19-12)13-7-9-15(10-8-13)20-14-5-3-2-4-6-14/h7-10,14H,2-6,11,18H2,1H3. The fraction of sp³-hybridized carbons (Fsp3) is 0.471. The van der Waals surface area contributed by atoms with Crippen LogP contribution in [-0.4, -0.2) is 11.3 Å². The van der Waals surface area contributed by atoms with Gasteiger partial charge in [-0.2, -0.15) is 0 Å². The van der Waals surface area contributed by atoms with Gasteiger partial charge in [0.25, 0.3) is 0 Å². The largest absolute Gasteiger partial charge is 0.490 e. The molecule has 1 fully saturated rings. The average Bonchev–Trinajstić information content (AvgIpc) is 2.90. The van der Waals surface area contributed by atoms with E-state index in [1.54, 1.807) is 0 Å². The highest BCUT2D eigenvalue weighted by molar-refractivity contribution is 5.62. The zero-order chi connectivity index (χ0) is 14.7. The van der Waals surface area contributed by atoms with E-state index in [0.717, 1.165) is 28.3 Å². The van der Waals surface area contributed by atoms with E-state index in [1.165, 1.54) is 32.1 Å². The summed E-state index contributed by atoms with van der Waals surface area (Å²) < 4.78 is 11.4. The minimum Gasteiger partial charge on any atom is -0.490 e. The van der Waals surface area contributed by atoms with Crippen molar-refractivity contribution in [2.75, 3.05) is 0 Å². The fourth-order valence-corrected chi connectivity index (χ4v) is 2.92. The van der Waals surface area contributed by atoms with Crippen molar-refractivity contribution in [3.05, 3.63) is 35.5 Å². The van der Waals surface area contributed by atoms with E-state index in [2.05, 4.69) is 5.16 Å². The molecule has 112 valence electrons. The van der Waals surface area contributed by atoms with Gasteiger partial charge in [-0.05, 0) is 56.9 Å². The molecule has 0 saturated heterocycles. The molecule has 2 aromatic rings. The van der Waals surface area contributed by atoms with E-state index >= 15 is 0 Å². The summed E-state index contributed by atoms with van der Waals surface area (Å²) in [6.07, 6.45) is 6.60. The average molecular weight is 286 g/mol. The van der Waals surface area contributed by atoms with Crippen LogP contribution in [0.5, 0.6) is 5.75 Å². The highest BCUT2D eigenvalue weighted by Crippen LogP contribution is 2.29. The molecule has 0 unspecified atom stereocenters. The van der Waals surface area contributed by atoms with Crippen molar-refractivity contribution in [3.8, 4) is 17.1 Å². The maximum atomic E-state index is 6.04. The van der Waals surface area contributed by atoms with Gasteiger partial charge in [0.2, 0.25) is 0 Å². The molecule has 1 aliphatic rings. The lowest BCUT2D eigenvalue weighted by Gasteiger charge is -2.23. The third-order valence-corrected chi connectivity index (χ3v) is 4.16. The van der Waals surface area contributed by atoms with Gasteiger partial charge in [0, 0.05) is 17.7 Å². The molecule has 1 aromatic carbocycles. The van der Waals surface area contributed by atoms with Gasteiger partial charge in [-0.1, -0.05) is 11.6 Å². The number of rotatable bonds is 4. The van der Waals surface area contributed by atoms with Crippen LogP contribution in [0.1, 0.15) is 43.4 Å². The Bertz CT molecular complexity index is 583. The summed E-state index contributed by atoms with van der Waals surface area (Å²) in [5, 5.41) is 3.99. The van der Waals surface area contributed by atoms with Crippen molar-refractivity contribution in [1.82, 2.24) is 5.16 Å². The van der Waals surface area contributed by atoms with Gasteiger partial charge in [0.05, 0.1) is 11.8 Å². The molecule has 21 heavy (non-hydrogen) atoms. The van der Waals surface area contributed by atoms with E-state index in [0.29, 0.717) is 12.6 Å². The van der Waals surface area contributed by atoms with Gasteiger partial charge in [-0.15, -0.1) is 0 Å². The van der Waals surface area contributed by atoms with Gasteiger partial charge in [0.15, 0.2) is 5.76 Å². The molecule has 0 aliphatic heterocycles. The first kappa shape index (κ1) is 14.1. The van der Waals surface area contributed by atoms with Crippen molar-refractivity contribution in [2.45, 2.75) is 51.7 Å². The Hall–Kier alpha value is -1.81. The van der Waals surface area contributed by atoms with E-state index in [-0.39, 0.29) is 0 Å². The number of nitrogens with two attached hydrogens (primary N) is 1. The van der Waals surface area contributed by atoms with Crippen LogP contribution in [0.2, 0.25) is 0 Å². The Kier molecular flexibility index (Phi) is 4.25. The van der Waals surface area contributed by atoms with Gasteiger partial charge in [-0.25, -0.2) is 0 Å². The Morgan fingerprint density at radius 2 is 1.90 bits per heavy atom. The summed E-state index contributed by atoms with van der Waals surface area (Å²) in [4.78, 5) is 0. The summed E-state index contributed by atoms with van der Waals surface area (Å²) in [6, 6.07) is 8.03. The summed E-state index contributed by atoms with van der Waals surface area (Å²) in [7, 11) is 0. The van der Waals surface area contributed by atoms with Gasteiger partial charge in [0.1, 0.15) is 5.75 Å². The van der Waals surface area contributed by atoms with Crippen molar-refractivity contribution < 1.29 is 9.26 Å². The fourth-order valence-electron chi connectivity index (χ4n) is 2.92. The number of nitrogens with zero attached hydrogens (tertiary/aromatic N) is 1. The number of aromatic nitrogens is 1.